The molecular weight excluding hydrogens is 326 g/mol. The Morgan fingerprint density at radius 2 is 2.10 bits per heavy atom. The lowest BCUT2D eigenvalue weighted by molar-refractivity contribution is -0.387. The number of nitro benzene ring substituents is 1. The Morgan fingerprint density at radius 3 is 2.62 bits per heavy atom. The molecule has 114 valence electrons. The van der Waals surface area contributed by atoms with Crippen LogP contribution < -0.4 is 0 Å². The average molecular weight is 336 g/mol. The van der Waals surface area contributed by atoms with Crippen molar-refractivity contribution in [3.05, 3.63) is 34.4 Å². The van der Waals surface area contributed by atoms with E-state index >= 15 is 0 Å². The van der Waals surface area contributed by atoms with Crippen LogP contribution in [-0.2, 0) is 19.3 Å². The van der Waals surface area contributed by atoms with Crippen molar-refractivity contribution in [2.24, 2.45) is 0 Å². The lowest BCUT2D eigenvalue weighted by Gasteiger charge is -2.18. The number of carbonyl (C=O) groups is 1. The van der Waals surface area contributed by atoms with Crippen molar-refractivity contribution >= 4 is 33.3 Å². The molecule has 1 heterocycles. The maximum atomic E-state index is 12.5. The highest BCUT2D eigenvalue weighted by molar-refractivity contribution is 7.92. The van der Waals surface area contributed by atoms with Crippen LogP contribution in [0.25, 0.3) is 0 Å². The molecule has 0 bridgehead atoms. The summed E-state index contributed by atoms with van der Waals surface area (Å²) >= 11 is 5.67. The number of cyclic esters (lactones) is 2. The third-order valence-electron chi connectivity index (χ3n) is 2.95. The fraction of sp³-hybridized carbons (Fsp3) is 0.364. The molecule has 1 aromatic rings. The summed E-state index contributed by atoms with van der Waals surface area (Å²) < 4.78 is 34.4. The summed E-state index contributed by atoms with van der Waals surface area (Å²) in [6.45, 7) is -0.268. The Morgan fingerprint density at radius 1 is 1.43 bits per heavy atom. The second-order valence-electron chi connectivity index (χ2n) is 4.18. The smallest absolute Gasteiger partial charge is 0.430 e. The summed E-state index contributed by atoms with van der Waals surface area (Å²) in [5.41, 5.74) is -0.558. The van der Waals surface area contributed by atoms with Crippen LogP contribution in [0.1, 0.15) is 0 Å². The van der Waals surface area contributed by atoms with Gasteiger partial charge >= 0.3 is 6.16 Å². The Bertz CT molecular complexity index is 675. The number of para-hydroxylation sites is 1. The summed E-state index contributed by atoms with van der Waals surface area (Å²) in [6.07, 6.45) is -2.09. The minimum Gasteiger partial charge on any atom is -0.430 e. The molecule has 0 N–H and O–H groups in total. The Hall–Kier alpha value is -1.87. The first-order valence-corrected chi connectivity index (χ1v) is 7.82. The number of carbonyl (C=O) groups excluding carboxylic acids is 1. The van der Waals surface area contributed by atoms with Gasteiger partial charge in [0.1, 0.15) is 16.8 Å². The number of alkyl halides is 1. The van der Waals surface area contributed by atoms with Crippen molar-refractivity contribution < 1.29 is 27.6 Å². The standard InChI is InChI=1S/C11H10ClNO7S/c12-5-10(8-6-19-11(14)20-8)21(17,18)9-4-2-1-3-7(9)13(15)16/h1-4,8,10H,5-6H2. The van der Waals surface area contributed by atoms with E-state index in [2.05, 4.69) is 4.74 Å². The number of nitro groups is 1. The SMILES string of the molecule is O=C1OCC(C(CCl)S(=O)(=O)c2ccccc2[N+](=O)[O-])O1. The highest BCUT2D eigenvalue weighted by atomic mass is 35.5. The number of sulfone groups is 1. The number of ether oxygens (including phenoxy) is 2. The van der Waals surface area contributed by atoms with Crippen LogP contribution in [0.5, 0.6) is 0 Å². The quantitative estimate of drug-likeness (QED) is 0.347. The van der Waals surface area contributed by atoms with Crippen LogP contribution in [0.2, 0.25) is 0 Å². The van der Waals surface area contributed by atoms with Crippen molar-refractivity contribution in [3.63, 3.8) is 0 Å². The molecule has 0 aliphatic carbocycles. The van der Waals surface area contributed by atoms with Gasteiger partial charge in [-0.3, -0.25) is 10.1 Å². The van der Waals surface area contributed by atoms with Crippen LogP contribution in [0.15, 0.2) is 29.2 Å². The summed E-state index contributed by atoms with van der Waals surface area (Å²) in [5, 5.41) is 9.62. The molecule has 10 heteroatoms. The van der Waals surface area contributed by atoms with Crippen LogP contribution in [-0.4, -0.2) is 43.3 Å². The summed E-state index contributed by atoms with van der Waals surface area (Å²) in [6, 6.07) is 4.91. The van der Waals surface area contributed by atoms with Gasteiger partial charge in [0.15, 0.2) is 15.9 Å². The second-order valence-corrected chi connectivity index (χ2v) is 6.62. The Kier molecular flexibility index (Phi) is 4.33. The van der Waals surface area contributed by atoms with Gasteiger partial charge in [-0.25, -0.2) is 13.2 Å². The maximum Gasteiger partial charge on any atom is 0.508 e. The van der Waals surface area contributed by atoms with Crippen molar-refractivity contribution in [3.8, 4) is 0 Å². The summed E-state index contributed by atoms with van der Waals surface area (Å²) in [5.74, 6) is -0.393. The van der Waals surface area contributed by atoms with Crippen molar-refractivity contribution in [1.29, 1.82) is 0 Å². The molecule has 1 aliphatic rings. The number of hydrogen-bond acceptors (Lipinski definition) is 7. The number of benzene rings is 1. The first-order valence-electron chi connectivity index (χ1n) is 5.74. The molecule has 21 heavy (non-hydrogen) atoms. The molecule has 0 radical (unpaired) electrons. The topological polar surface area (TPSA) is 113 Å². The normalized spacial score (nSPS) is 19.7. The van der Waals surface area contributed by atoms with Gasteiger partial charge in [-0.05, 0) is 6.07 Å². The fourth-order valence-electron chi connectivity index (χ4n) is 1.92. The molecule has 0 saturated carbocycles. The van der Waals surface area contributed by atoms with E-state index in [0.717, 1.165) is 12.1 Å². The van der Waals surface area contributed by atoms with Gasteiger partial charge < -0.3 is 9.47 Å². The lowest BCUT2D eigenvalue weighted by atomic mass is 10.3. The summed E-state index contributed by atoms with van der Waals surface area (Å²) in [4.78, 5) is 20.6. The third-order valence-corrected chi connectivity index (χ3v) is 5.69. The summed E-state index contributed by atoms with van der Waals surface area (Å²) in [7, 11) is -4.16. The molecule has 1 saturated heterocycles. The largest absolute Gasteiger partial charge is 0.508 e. The molecule has 0 spiro atoms. The van der Waals surface area contributed by atoms with Gasteiger partial charge in [-0.1, -0.05) is 12.1 Å². The van der Waals surface area contributed by atoms with Crippen molar-refractivity contribution in [1.82, 2.24) is 0 Å². The number of rotatable bonds is 5. The van der Waals surface area contributed by atoms with E-state index in [1.807, 2.05) is 0 Å². The molecule has 2 atom stereocenters. The first-order chi connectivity index (χ1) is 9.87. The minimum absolute atomic E-state index is 0.268. The van der Waals surface area contributed by atoms with E-state index in [0.29, 0.717) is 0 Å². The molecule has 1 aromatic carbocycles. The van der Waals surface area contributed by atoms with E-state index in [1.54, 1.807) is 0 Å². The van der Waals surface area contributed by atoms with E-state index in [-0.39, 0.29) is 6.61 Å². The lowest BCUT2D eigenvalue weighted by Crippen LogP contribution is -2.37. The Labute approximate surface area is 124 Å². The van der Waals surface area contributed by atoms with Gasteiger partial charge in [0.2, 0.25) is 0 Å². The molecule has 1 aliphatic heterocycles. The van der Waals surface area contributed by atoms with Gasteiger partial charge in [-0.2, -0.15) is 0 Å². The molecule has 2 rings (SSSR count). The van der Waals surface area contributed by atoms with Gasteiger partial charge in [0, 0.05) is 11.9 Å². The van der Waals surface area contributed by atoms with Crippen LogP contribution >= 0.6 is 11.6 Å². The molecule has 2 unspecified atom stereocenters. The first kappa shape index (κ1) is 15.5. The number of halogens is 1. The van der Waals surface area contributed by atoms with E-state index in [4.69, 9.17) is 16.3 Å². The van der Waals surface area contributed by atoms with Gasteiger partial charge in [0.05, 0.1) is 4.92 Å². The number of hydrogen-bond donors (Lipinski definition) is 0. The average Bonchev–Trinajstić information content (AvgIpc) is 2.85. The van der Waals surface area contributed by atoms with Crippen molar-refractivity contribution in [2.75, 3.05) is 12.5 Å². The van der Waals surface area contributed by atoms with Gasteiger partial charge in [0.25, 0.3) is 5.69 Å². The monoisotopic (exact) mass is 335 g/mol. The number of nitrogens with zero attached hydrogens (tertiary/aromatic N) is 1. The molecule has 0 aromatic heterocycles. The van der Waals surface area contributed by atoms with Crippen LogP contribution in [0.3, 0.4) is 0 Å². The predicted molar refractivity (Wildman–Crippen MR) is 71.0 cm³/mol. The predicted octanol–water partition coefficient (Wildman–Crippen LogP) is 1.51. The zero-order valence-corrected chi connectivity index (χ0v) is 12.0. The Balaban J connectivity index is 2.45. The maximum absolute atomic E-state index is 12.5. The molecule has 0 amide bonds. The minimum atomic E-state index is -4.16. The third kappa shape index (κ3) is 2.93. The van der Waals surface area contributed by atoms with E-state index in [1.165, 1.54) is 12.1 Å². The molecular formula is C11H10ClNO7S. The molecule has 1 fully saturated rings. The van der Waals surface area contributed by atoms with Crippen LogP contribution in [0.4, 0.5) is 10.5 Å². The highest BCUT2D eigenvalue weighted by Crippen LogP contribution is 2.30. The van der Waals surface area contributed by atoms with Gasteiger partial charge in [-0.15, -0.1) is 11.6 Å². The van der Waals surface area contributed by atoms with E-state index in [9.17, 15) is 23.3 Å². The second kappa shape index (κ2) is 5.86. The van der Waals surface area contributed by atoms with Crippen LogP contribution in [0, 0.1) is 10.1 Å². The van der Waals surface area contributed by atoms with Crippen molar-refractivity contribution in [2.45, 2.75) is 16.2 Å². The zero-order valence-electron chi connectivity index (χ0n) is 10.5. The highest BCUT2D eigenvalue weighted by Gasteiger charge is 2.43. The van der Waals surface area contributed by atoms with E-state index < -0.39 is 48.7 Å². The molecule has 8 nitrogen and oxygen atoms in total. The zero-order chi connectivity index (χ0) is 15.6. The fourth-order valence-corrected chi connectivity index (χ4v) is 4.34.